The number of H-pyrrole nitrogens is 2. The summed E-state index contributed by atoms with van der Waals surface area (Å²) in [6, 6.07) is 5.29. The molecule has 0 unspecified atom stereocenters. The normalized spacial score (nSPS) is 11.8. The molecule has 0 spiro atoms. The van der Waals surface area contributed by atoms with E-state index in [4.69, 9.17) is 32.9 Å². The fourth-order valence-corrected chi connectivity index (χ4v) is 4.64. The lowest BCUT2D eigenvalue weighted by molar-refractivity contribution is -0.149. The summed E-state index contributed by atoms with van der Waals surface area (Å²) < 4.78 is 29.4. The van der Waals surface area contributed by atoms with Crippen LogP contribution in [-0.4, -0.2) is 38.8 Å². The van der Waals surface area contributed by atoms with Gasteiger partial charge in [0.2, 0.25) is 5.95 Å². The third-order valence-electron chi connectivity index (χ3n) is 7.15. The second-order valence-electron chi connectivity index (χ2n) is 10.4. The van der Waals surface area contributed by atoms with Gasteiger partial charge in [-0.1, -0.05) is 12.1 Å². The van der Waals surface area contributed by atoms with E-state index >= 15 is 0 Å². The van der Waals surface area contributed by atoms with Crippen LogP contribution in [0.2, 0.25) is 0 Å². The van der Waals surface area contributed by atoms with Gasteiger partial charge in [-0.2, -0.15) is 4.98 Å². The van der Waals surface area contributed by atoms with Crippen LogP contribution in [-0.2, 0) is 45.1 Å². The van der Waals surface area contributed by atoms with Crippen molar-refractivity contribution in [1.82, 2.24) is 20.3 Å². The molecular formula is C30H29N5O12. The highest BCUT2D eigenvalue weighted by molar-refractivity contribution is 5.97. The summed E-state index contributed by atoms with van der Waals surface area (Å²) in [5, 5.41) is 2.99. The Morgan fingerprint density at radius 2 is 1.55 bits per heavy atom. The van der Waals surface area contributed by atoms with E-state index in [1.165, 1.54) is 13.8 Å². The number of carbonyl (C=O) groups excluding carboxylic acids is 3. The second kappa shape index (κ2) is 13.9. The van der Waals surface area contributed by atoms with E-state index in [2.05, 4.69) is 20.3 Å². The number of hydrogen-bond donors (Lipinski definition) is 4. The minimum absolute atomic E-state index is 0.0123. The van der Waals surface area contributed by atoms with Gasteiger partial charge in [-0.25, -0.2) is 14.4 Å². The molecule has 246 valence electrons. The van der Waals surface area contributed by atoms with Crippen LogP contribution in [0.1, 0.15) is 57.4 Å². The number of esters is 2. The molecule has 5 aromatic rings. The first-order valence-corrected chi connectivity index (χ1v) is 14.2. The average Bonchev–Trinajstić information content (AvgIpc) is 3.70. The Hall–Kier alpha value is -6.13. The molecule has 17 nitrogen and oxygen atoms in total. The van der Waals surface area contributed by atoms with E-state index in [9.17, 15) is 28.8 Å². The zero-order valence-electron chi connectivity index (χ0n) is 25.1. The highest BCUT2D eigenvalue weighted by Crippen LogP contribution is 2.17. The van der Waals surface area contributed by atoms with Crippen LogP contribution in [0.4, 0.5) is 5.95 Å². The van der Waals surface area contributed by atoms with E-state index < -0.39 is 42.1 Å². The first-order chi connectivity index (χ1) is 22.5. The van der Waals surface area contributed by atoms with Crippen molar-refractivity contribution in [1.29, 1.82) is 0 Å². The van der Waals surface area contributed by atoms with Crippen LogP contribution in [0.5, 0.6) is 0 Å². The Labute approximate surface area is 263 Å². The van der Waals surface area contributed by atoms with Gasteiger partial charge in [-0.3, -0.25) is 19.4 Å². The summed E-state index contributed by atoms with van der Waals surface area (Å²) in [5.41, 5.74) is 7.49. The number of nitrogen functional groups attached to an aromatic ring is 1. The van der Waals surface area contributed by atoms with Gasteiger partial charge in [-0.05, 0) is 56.4 Å². The number of nitrogens with one attached hydrogen (secondary N) is 3. The second-order valence-corrected chi connectivity index (χ2v) is 10.4. The summed E-state index contributed by atoms with van der Waals surface area (Å²) in [7, 11) is 0. The number of amides is 1. The molecular weight excluding hydrogens is 622 g/mol. The molecule has 0 saturated carbocycles. The molecule has 0 aliphatic rings. The topological polar surface area (TPSA) is 256 Å². The van der Waals surface area contributed by atoms with Crippen molar-refractivity contribution in [2.75, 3.05) is 5.73 Å². The minimum atomic E-state index is -1.30. The van der Waals surface area contributed by atoms with Crippen molar-refractivity contribution < 1.29 is 41.5 Å². The molecule has 4 heterocycles. The molecule has 5 N–H and O–H groups in total. The first-order valence-electron chi connectivity index (χ1n) is 14.2. The van der Waals surface area contributed by atoms with Gasteiger partial charge >= 0.3 is 23.6 Å². The molecule has 0 radical (unpaired) electrons. The van der Waals surface area contributed by atoms with Crippen LogP contribution in [0.3, 0.4) is 0 Å². The standard InChI is InChI=1S/C30H29N5O12/c1-14-20(46-29(40)44-14)12-42-22(36)10-9-19(27(39)43-13-21-15(2)45-30(41)47-21)33-25(37)17-6-3-16(4-7-17)5-8-18-11-32-24-23(18)26(38)35-28(31)34-24/h3-4,6-7,11,19H,5,8-10,12-13H2,1-2H3,(H,33,37)(H4,31,32,34,35,38)/t19-/m0/s1. The van der Waals surface area contributed by atoms with Gasteiger partial charge in [0.05, 0.1) is 5.39 Å². The molecule has 0 bridgehead atoms. The Kier molecular flexibility index (Phi) is 9.53. The molecule has 5 rings (SSSR count). The molecule has 0 fully saturated rings. The number of aromatic nitrogens is 3. The van der Waals surface area contributed by atoms with Gasteiger partial charge < -0.3 is 43.2 Å². The average molecular weight is 652 g/mol. The summed E-state index contributed by atoms with van der Waals surface area (Å²) in [6.07, 6.45) is 2.21. The molecule has 47 heavy (non-hydrogen) atoms. The summed E-state index contributed by atoms with van der Waals surface area (Å²) in [5.74, 6) is -3.89. The lowest BCUT2D eigenvalue weighted by atomic mass is 10.0. The van der Waals surface area contributed by atoms with Gasteiger partial charge in [-0.15, -0.1) is 0 Å². The Balaban J connectivity index is 1.21. The van der Waals surface area contributed by atoms with E-state index in [1.54, 1.807) is 30.5 Å². The SMILES string of the molecule is Cc1oc(=O)oc1COC(=O)CC[C@H](NC(=O)c1ccc(CCc2c[nH]c3nc(N)[nH]c(=O)c23)cc1)C(=O)OCc1oc(=O)oc1C. The zero-order valence-corrected chi connectivity index (χ0v) is 25.1. The van der Waals surface area contributed by atoms with E-state index in [-0.39, 0.29) is 59.6 Å². The van der Waals surface area contributed by atoms with E-state index in [1.807, 2.05) is 0 Å². The summed E-state index contributed by atoms with van der Waals surface area (Å²) >= 11 is 0. The number of rotatable bonds is 13. The monoisotopic (exact) mass is 651 g/mol. The highest BCUT2D eigenvalue weighted by Gasteiger charge is 2.26. The van der Waals surface area contributed by atoms with Crippen molar-refractivity contribution in [3.05, 3.63) is 102 Å². The van der Waals surface area contributed by atoms with Crippen molar-refractivity contribution in [2.24, 2.45) is 0 Å². The smallest absolute Gasteiger partial charge is 0.457 e. The molecule has 17 heteroatoms. The lowest BCUT2D eigenvalue weighted by Gasteiger charge is -2.17. The molecule has 1 atom stereocenters. The van der Waals surface area contributed by atoms with Crippen LogP contribution in [0.15, 0.2) is 62.5 Å². The maximum atomic E-state index is 13.1. The van der Waals surface area contributed by atoms with Crippen LogP contribution >= 0.6 is 0 Å². The third-order valence-corrected chi connectivity index (χ3v) is 7.15. The van der Waals surface area contributed by atoms with Gasteiger partial charge in [0, 0.05) is 18.2 Å². The van der Waals surface area contributed by atoms with E-state index in [0.29, 0.717) is 23.9 Å². The molecule has 1 aromatic carbocycles. The number of nitrogens with two attached hydrogens (primary N) is 1. The van der Waals surface area contributed by atoms with Crippen LogP contribution < -0.4 is 28.3 Å². The van der Waals surface area contributed by atoms with Crippen LogP contribution in [0.25, 0.3) is 11.0 Å². The Bertz CT molecular complexity index is 2090. The number of carbonyl (C=O) groups is 3. The fraction of sp³-hybridized carbons (Fsp3) is 0.300. The maximum absolute atomic E-state index is 13.1. The summed E-state index contributed by atoms with van der Waals surface area (Å²) in [6.45, 7) is 2.09. The number of benzene rings is 1. The Morgan fingerprint density at radius 3 is 2.17 bits per heavy atom. The fourth-order valence-electron chi connectivity index (χ4n) is 4.64. The number of ether oxygens (including phenoxy) is 2. The van der Waals surface area contributed by atoms with Crippen molar-refractivity contribution >= 4 is 34.8 Å². The van der Waals surface area contributed by atoms with Gasteiger partial charge in [0.1, 0.15) is 11.7 Å². The van der Waals surface area contributed by atoms with Gasteiger partial charge in [0.25, 0.3) is 11.5 Å². The predicted molar refractivity (Wildman–Crippen MR) is 159 cm³/mol. The number of hydrogen-bond acceptors (Lipinski definition) is 14. The minimum Gasteiger partial charge on any atom is -0.457 e. The lowest BCUT2D eigenvalue weighted by Crippen LogP contribution is -2.42. The quantitative estimate of drug-likeness (QED) is 0.132. The number of aryl methyl sites for hydroxylation is 4. The zero-order chi connectivity index (χ0) is 33.7. The number of fused-ring (bicyclic) bond motifs is 1. The Morgan fingerprint density at radius 1 is 0.915 bits per heavy atom. The highest BCUT2D eigenvalue weighted by atomic mass is 16.6. The molecule has 0 aliphatic carbocycles. The maximum Gasteiger partial charge on any atom is 0.519 e. The van der Waals surface area contributed by atoms with E-state index in [0.717, 1.165) is 11.1 Å². The molecule has 1 amide bonds. The number of anilines is 1. The van der Waals surface area contributed by atoms with Crippen LogP contribution in [0, 0.1) is 13.8 Å². The van der Waals surface area contributed by atoms with Crippen molar-refractivity contribution in [3.63, 3.8) is 0 Å². The number of aromatic amines is 2. The van der Waals surface area contributed by atoms with Crippen molar-refractivity contribution in [2.45, 2.75) is 58.8 Å². The molecule has 0 saturated heterocycles. The van der Waals surface area contributed by atoms with Crippen molar-refractivity contribution in [3.8, 4) is 0 Å². The molecule has 0 aliphatic heterocycles. The third kappa shape index (κ3) is 7.94. The predicted octanol–water partition coefficient (Wildman–Crippen LogP) is 1.69. The van der Waals surface area contributed by atoms with Gasteiger partial charge in [0.15, 0.2) is 36.3 Å². The molecule has 4 aromatic heterocycles. The first kappa shape index (κ1) is 32.3. The number of nitrogens with zero attached hydrogens (tertiary/aromatic N) is 1. The largest absolute Gasteiger partial charge is 0.519 e. The summed E-state index contributed by atoms with van der Waals surface area (Å²) in [4.78, 5) is 82.9.